The molecule has 68 valence electrons. The summed E-state index contributed by atoms with van der Waals surface area (Å²) in [5, 5.41) is 3.05. The smallest absolute Gasteiger partial charge is 0.181 e. The quantitative estimate of drug-likeness (QED) is 0.730. The summed E-state index contributed by atoms with van der Waals surface area (Å²) < 4.78 is 5.26. The van der Waals surface area contributed by atoms with E-state index in [0.717, 1.165) is 18.0 Å². The second-order valence-corrected chi connectivity index (χ2v) is 3.90. The summed E-state index contributed by atoms with van der Waals surface area (Å²) in [7, 11) is 1.90. The zero-order chi connectivity index (χ0) is 9.19. The third-order valence-corrected chi connectivity index (χ3v) is 1.69. The monoisotopic (exact) mass is 168 g/mol. The van der Waals surface area contributed by atoms with Gasteiger partial charge in [0.25, 0.3) is 0 Å². The van der Waals surface area contributed by atoms with Gasteiger partial charge in [-0.1, -0.05) is 20.8 Å². The number of rotatable bonds is 2. The first kappa shape index (κ1) is 9.26. The van der Waals surface area contributed by atoms with Gasteiger partial charge in [-0.3, -0.25) is 0 Å². The molecule has 0 saturated carbocycles. The van der Waals surface area contributed by atoms with Gasteiger partial charge in [0.2, 0.25) is 0 Å². The van der Waals surface area contributed by atoms with Gasteiger partial charge in [0, 0.05) is 5.41 Å². The predicted molar refractivity (Wildman–Crippen MR) is 48.0 cm³/mol. The molecule has 0 aromatic carbocycles. The third-order valence-electron chi connectivity index (χ3n) is 1.69. The van der Waals surface area contributed by atoms with Crippen LogP contribution >= 0.6 is 0 Å². The van der Waals surface area contributed by atoms with Gasteiger partial charge in [0.15, 0.2) is 6.39 Å². The molecule has 0 spiro atoms. The Bertz CT molecular complexity index is 247. The number of hydrogen-bond acceptors (Lipinski definition) is 3. The maximum Gasteiger partial charge on any atom is 0.181 e. The molecule has 3 nitrogen and oxygen atoms in total. The van der Waals surface area contributed by atoms with Crippen LogP contribution in [0, 0.1) is 0 Å². The lowest BCUT2D eigenvalue weighted by molar-refractivity contribution is 0.471. The van der Waals surface area contributed by atoms with E-state index in [1.807, 2.05) is 7.05 Å². The fraction of sp³-hybridized carbons (Fsp3) is 0.667. The van der Waals surface area contributed by atoms with Crippen LogP contribution in [0.2, 0.25) is 0 Å². The van der Waals surface area contributed by atoms with Crippen molar-refractivity contribution in [3.8, 4) is 0 Å². The zero-order valence-electron chi connectivity index (χ0n) is 8.14. The van der Waals surface area contributed by atoms with E-state index < -0.39 is 0 Å². The molecule has 0 bridgehead atoms. The molecule has 1 aromatic rings. The van der Waals surface area contributed by atoms with Crippen molar-refractivity contribution in [2.75, 3.05) is 7.05 Å². The molecule has 1 N–H and O–H groups in total. The van der Waals surface area contributed by atoms with Gasteiger partial charge < -0.3 is 9.73 Å². The van der Waals surface area contributed by atoms with E-state index in [-0.39, 0.29) is 5.41 Å². The first-order chi connectivity index (χ1) is 5.55. The third kappa shape index (κ3) is 1.85. The molecule has 0 aliphatic heterocycles. The van der Waals surface area contributed by atoms with Crippen LogP contribution in [-0.4, -0.2) is 12.0 Å². The number of hydrogen-bond donors (Lipinski definition) is 1. The van der Waals surface area contributed by atoms with Gasteiger partial charge in [0.1, 0.15) is 5.76 Å². The Kier molecular flexibility index (Phi) is 2.52. The summed E-state index contributed by atoms with van der Waals surface area (Å²) in [5.41, 5.74) is 1.11. The summed E-state index contributed by atoms with van der Waals surface area (Å²) in [5.74, 6) is 0.935. The highest BCUT2D eigenvalue weighted by Crippen LogP contribution is 2.23. The summed E-state index contributed by atoms with van der Waals surface area (Å²) >= 11 is 0. The fourth-order valence-corrected chi connectivity index (χ4v) is 1.17. The normalized spacial score (nSPS) is 12.0. The molecule has 0 aliphatic carbocycles. The second-order valence-electron chi connectivity index (χ2n) is 3.90. The van der Waals surface area contributed by atoms with Gasteiger partial charge in [-0.15, -0.1) is 0 Å². The lowest BCUT2D eigenvalue weighted by Crippen LogP contribution is -2.16. The predicted octanol–water partition coefficient (Wildman–Crippen LogP) is 1.69. The van der Waals surface area contributed by atoms with Gasteiger partial charge in [-0.2, -0.15) is 0 Å². The average Bonchev–Trinajstić information content (AvgIpc) is 2.34. The minimum atomic E-state index is 0.0686. The van der Waals surface area contributed by atoms with Crippen LogP contribution in [0.3, 0.4) is 0 Å². The Morgan fingerprint density at radius 3 is 2.67 bits per heavy atom. The van der Waals surface area contributed by atoms with Gasteiger partial charge in [-0.25, -0.2) is 4.98 Å². The summed E-state index contributed by atoms with van der Waals surface area (Å²) in [6, 6.07) is 0. The lowest BCUT2D eigenvalue weighted by atomic mass is 9.91. The maximum atomic E-state index is 5.26. The van der Waals surface area contributed by atoms with E-state index >= 15 is 0 Å². The molecule has 0 amide bonds. The van der Waals surface area contributed by atoms with Crippen LogP contribution in [0.1, 0.15) is 32.2 Å². The molecular weight excluding hydrogens is 152 g/mol. The first-order valence-corrected chi connectivity index (χ1v) is 4.13. The largest absolute Gasteiger partial charge is 0.447 e. The maximum absolute atomic E-state index is 5.26. The van der Waals surface area contributed by atoms with Crippen molar-refractivity contribution in [3.05, 3.63) is 17.8 Å². The summed E-state index contributed by atoms with van der Waals surface area (Å²) in [6.07, 6.45) is 1.51. The molecule has 1 aromatic heterocycles. The lowest BCUT2D eigenvalue weighted by Gasteiger charge is -2.16. The highest BCUT2D eigenvalue weighted by Gasteiger charge is 2.21. The number of aromatic nitrogens is 1. The molecule has 0 saturated heterocycles. The zero-order valence-corrected chi connectivity index (χ0v) is 8.14. The van der Waals surface area contributed by atoms with E-state index in [1.54, 1.807) is 0 Å². The Balaban J connectivity index is 2.91. The Morgan fingerprint density at radius 1 is 1.50 bits per heavy atom. The number of oxazole rings is 1. The average molecular weight is 168 g/mol. The van der Waals surface area contributed by atoms with Crippen LogP contribution < -0.4 is 5.32 Å². The molecule has 0 atom stereocenters. The molecule has 1 rings (SSSR count). The van der Waals surface area contributed by atoms with Crippen LogP contribution in [0.25, 0.3) is 0 Å². The number of nitrogens with zero attached hydrogens (tertiary/aromatic N) is 1. The van der Waals surface area contributed by atoms with E-state index in [9.17, 15) is 0 Å². The van der Waals surface area contributed by atoms with Crippen LogP contribution in [0.15, 0.2) is 10.8 Å². The summed E-state index contributed by atoms with van der Waals surface area (Å²) in [4.78, 5) is 4.20. The molecule has 0 unspecified atom stereocenters. The molecule has 1 heterocycles. The molecule has 0 fully saturated rings. The van der Waals surface area contributed by atoms with Crippen molar-refractivity contribution >= 4 is 0 Å². The molecule has 12 heavy (non-hydrogen) atoms. The van der Waals surface area contributed by atoms with E-state index in [2.05, 4.69) is 31.1 Å². The van der Waals surface area contributed by atoms with Crippen molar-refractivity contribution in [2.45, 2.75) is 32.7 Å². The van der Waals surface area contributed by atoms with E-state index in [0.29, 0.717) is 0 Å². The van der Waals surface area contributed by atoms with E-state index in [1.165, 1.54) is 6.39 Å². The summed E-state index contributed by atoms with van der Waals surface area (Å²) in [6.45, 7) is 7.13. The molecule has 3 heteroatoms. The van der Waals surface area contributed by atoms with Crippen LogP contribution in [0.4, 0.5) is 0 Å². The van der Waals surface area contributed by atoms with Crippen molar-refractivity contribution in [1.82, 2.24) is 10.3 Å². The van der Waals surface area contributed by atoms with Crippen molar-refractivity contribution < 1.29 is 4.42 Å². The van der Waals surface area contributed by atoms with Crippen molar-refractivity contribution in [1.29, 1.82) is 0 Å². The highest BCUT2D eigenvalue weighted by molar-refractivity contribution is 5.16. The van der Waals surface area contributed by atoms with Crippen molar-refractivity contribution in [2.24, 2.45) is 0 Å². The Labute approximate surface area is 73.2 Å². The minimum Gasteiger partial charge on any atom is -0.447 e. The van der Waals surface area contributed by atoms with Gasteiger partial charge >= 0.3 is 0 Å². The van der Waals surface area contributed by atoms with Crippen LogP contribution in [0.5, 0.6) is 0 Å². The standard InChI is InChI=1S/C9H16N2O/c1-9(2,3)8-7(5-10-4)12-6-11-8/h6,10H,5H2,1-4H3. The minimum absolute atomic E-state index is 0.0686. The Morgan fingerprint density at radius 2 is 2.17 bits per heavy atom. The molecule has 0 aliphatic rings. The molecule has 0 radical (unpaired) electrons. The SMILES string of the molecule is CNCc1ocnc1C(C)(C)C. The molecular formula is C9H16N2O. The second kappa shape index (κ2) is 3.27. The van der Waals surface area contributed by atoms with Crippen molar-refractivity contribution in [3.63, 3.8) is 0 Å². The fourth-order valence-electron chi connectivity index (χ4n) is 1.17. The van der Waals surface area contributed by atoms with Crippen LogP contribution in [-0.2, 0) is 12.0 Å². The van der Waals surface area contributed by atoms with Gasteiger partial charge in [-0.05, 0) is 7.05 Å². The van der Waals surface area contributed by atoms with Gasteiger partial charge in [0.05, 0.1) is 12.2 Å². The Hall–Kier alpha value is -0.830. The first-order valence-electron chi connectivity index (χ1n) is 4.13. The topological polar surface area (TPSA) is 38.1 Å². The number of nitrogens with one attached hydrogen (secondary N) is 1. The van der Waals surface area contributed by atoms with E-state index in [4.69, 9.17) is 4.42 Å². The highest BCUT2D eigenvalue weighted by atomic mass is 16.3.